The van der Waals surface area contributed by atoms with Gasteiger partial charge in [0.05, 0.1) is 17.3 Å². The molecule has 1 aromatic carbocycles. The maximum atomic E-state index is 6.02. The number of hydrogen-bond acceptors (Lipinski definition) is 3. The molecule has 0 aliphatic carbocycles. The fourth-order valence-electron chi connectivity index (χ4n) is 1.79. The zero-order valence-electron chi connectivity index (χ0n) is 9.12. The third-order valence-electron chi connectivity index (χ3n) is 2.80. The molecule has 1 fully saturated rings. The van der Waals surface area contributed by atoms with Gasteiger partial charge in [0.15, 0.2) is 5.75 Å². The average Bonchev–Trinajstić information content (AvgIpc) is 2.30. The van der Waals surface area contributed by atoms with Gasteiger partial charge in [-0.3, -0.25) is 0 Å². The first kappa shape index (κ1) is 11.6. The maximum Gasteiger partial charge on any atom is 0.160 e. The lowest BCUT2D eigenvalue weighted by Gasteiger charge is -2.22. The third-order valence-corrected chi connectivity index (χ3v) is 3.10. The van der Waals surface area contributed by atoms with Gasteiger partial charge in [-0.15, -0.1) is 0 Å². The number of nitrogen functional groups attached to an aromatic ring is 1. The van der Waals surface area contributed by atoms with Gasteiger partial charge in [-0.05, 0) is 30.9 Å². The van der Waals surface area contributed by atoms with Gasteiger partial charge in [0.2, 0.25) is 0 Å². The van der Waals surface area contributed by atoms with E-state index in [0.29, 0.717) is 29.0 Å². The van der Waals surface area contributed by atoms with Crippen molar-refractivity contribution in [2.24, 2.45) is 5.92 Å². The van der Waals surface area contributed by atoms with E-state index in [4.69, 9.17) is 26.8 Å². The summed E-state index contributed by atoms with van der Waals surface area (Å²) in [6.45, 7) is 2.31. The number of para-hydroxylation sites is 1. The molecule has 0 spiro atoms. The van der Waals surface area contributed by atoms with E-state index < -0.39 is 0 Å². The summed E-state index contributed by atoms with van der Waals surface area (Å²) in [4.78, 5) is 0. The molecule has 1 heterocycles. The van der Waals surface area contributed by atoms with E-state index in [2.05, 4.69) is 0 Å². The van der Waals surface area contributed by atoms with E-state index in [-0.39, 0.29) is 0 Å². The van der Waals surface area contributed by atoms with Crippen LogP contribution in [0.15, 0.2) is 18.2 Å². The molecule has 2 rings (SSSR count). The molecule has 3 nitrogen and oxygen atoms in total. The molecule has 0 radical (unpaired) electrons. The molecule has 0 unspecified atom stereocenters. The number of anilines is 1. The summed E-state index contributed by atoms with van der Waals surface area (Å²) in [7, 11) is 0. The standard InChI is InChI=1S/C12H16ClNO2/c13-10-2-1-3-11(14)12(10)16-8-9-4-6-15-7-5-9/h1-3,9H,4-8,14H2. The first-order valence-corrected chi connectivity index (χ1v) is 5.89. The number of benzene rings is 1. The van der Waals surface area contributed by atoms with Crippen molar-refractivity contribution in [2.45, 2.75) is 12.8 Å². The molecule has 88 valence electrons. The van der Waals surface area contributed by atoms with Crippen LogP contribution >= 0.6 is 11.6 Å². The van der Waals surface area contributed by atoms with Crippen LogP contribution in [-0.4, -0.2) is 19.8 Å². The Bertz CT molecular complexity index is 331. The van der Waals surface area contributed by atoms with E-state index in [1.807, 2.05) is 6.07 Å². The molecule has 0 saturated carbocycles. The Hall–Kier alpha value is -0.930. The highest BCUT2D eigenvalue weighted by molar-refractivity contribution is 6.32. The Balaban J connectivity index is 1.93. The minimum absolute atomic E-state index is 0.546. The van der Waals surface area contributed by atoms with Gasteiger partial charge in [-0.2, -0.15) is 0 Å². The molecule has 1 aliphatic rings. The summed E-state index contributed by atoms with van der Waals surface area (Å²) in [6.07, 6.45) is 2.09. The van der Waals surface area contributed by atoms with E-state index in [1.54, 1.807) is 12.1 Å². The molecule has 0 bridgehead atoms. The van der Waals surface area contributed by atoms with Gasteiger partial charge >= 0.3 is 0 Å². The number of ether oxygens (including phenoxy) is 2. The second kappa shape index (κ2) is 5.41. The zero-order valence-corrected chi connectivity index (χ0v) is 9.87. The van der Waals surface area contributed by atoms with Crippen LogP contribution in [0.3, 0.4) is 0 Å². The van der Waals surface area contributed by atoms with Crippen molar-refractivity contribution >= 4 is 17.3 Å². The highest BCUT2D eigenvalue weighted by atomic mass is 35.5. The second-order valence-electron chi connectivity index (χ2n) is 4.02. The van der Waals surface area contributed by atoms with Crippen LogP contribution in [0.5, 0.6) is 5.75 Å². The molecule has 4 heteroatoms. The van der Waals surface area contributed by atoms with Crippen LogP contribution in [0.2, 0.25) is 5.02 Å². The van der Waals surface area contributed by atoms with Crippen molar-refractivity contribution in [1.82, 2.24) is 0 Å². The molecule has 16 heavy (non-hydrogen) atoms. The Morgan fingerprint density at radius 2 is 2.12 bits per heavy atom. The minimum Gasteiger partial charge on any atom is -0.490 e. The predicted octanol–water partition coefficient (Wildman–Crippen LogP) is 2.73. The minimum atomic E-state index is 0.546. The highest BCUT2D eigenvalue weighted by Gasteiger charge is 2.15. The average molecular weight is 242 g/mol. The van der Waals surface area contributed by atoms with Gasteiger partial charge in [0.25, 0.3) is 0 Å². The summed E-state index contributed by atoms with van der Waals surface area (Å²) in [5.74, 6) is 1.15. The Morgan fingerprint density at radius 1 is 1.38 bits per heavy atom. The smallest absolute Gasteiger partial charge is 0.160 e. The molecule has 0 amide bonds. The summed E-state index contributed by atoms with van der Waals surface area (Å²) in [5, 5.41) is 0.576. The number of rotatable bonds is 3. The first-order valence-electron chi connectivity index (χ1n) is 5.52. The third kappa shape index (κ3) is 2.80. The lowest BCUT2D eigenvalue weighted by molar-refractivity contribution is 0.0499. The van der Waals surface area contributed by atoms with E-state index in [0.717, 1.165) is 26.1 Å². The van der Waals surface area contributed by atoms with Crippen molar-refractivity contribution in [3.8, 4) is 5.75 Å². The normalized spacial score (nSPS) is 17.3. The molecule has 2 N–H and O–H groups in total. The van der Waals surface area contributed by atoms with E-state index in [9.17, 15) is 0 Å². The number of halogens is 1. The Labute approximate surface area is 100 Å². The van der Waals surface area contributed by atoms with Crippen LogP contribution < -0.4 is 10.5 Å². The molecule has 1 aromatic rings. The topological polar surface area (TPSA) is 44.5 Å². The van der Waals surface area contributed by atoms with Crippen molar-refractivity contribution in [1.29, 1.82) is 0 Å². The monoisotopic (exact) mass is 241 g/mol. The zero-order chi connectivity index (χ0) is 11.4. The van der Waals surface area contributed by atoms with E-state index in [1.165, 1.54) is 0 Å². The number of hydrogen-bond donors (Lipinski definition) is 1. The fourth-order valence-corrected chi connectivity index (χ4v) is 2.03. The predicted molar refractivity (Wildman–Crippen MR) is 64.9 cm³/mol. The number of nitrogens with two attached hydrogens (primary N) is 1. The van der Waals surface area contributed by atoms with Gasteiger partial charge in [0.1, 0.15) is 0 Å². The van der Waals surface area contributed by atoms with Crippen LogP contribution in [0.4, 0.5) is 5.69 Å². The molecule has 0 atom stereocenters. The lowest BCUT2D eigenvalue weighted by atomic mass is 10.0. The van der Waals surface area contributed by atoms with Crippen molar-refractivity contribution in [3.63, 3.8) is 0 Å². The van der Waals surface area contributed by atoms with Crippen molar-refractivity contribution < 1.29 is 9.47 Å². The molecule has 0 aromatic heterocycles. The van der Waals surface area contributed by atoms with Gasteiger partial charge in [-0.1, -0.05) is 17.7 Å². The van der Waals surface area contributed by atoms with E-state index >= 15 is 0 Å². The highest BCUT2D eigenvalue weighted by Crippen LogP contribution is 2.31. The molecular weight excluding hydrogens is 226 g/mol. The van der Waals surface area contributed by atoms with Gasteiger partial charge < -0.3 is 15.2 Å². The summed E-state index contributed by atoms with van der Waals surface area (Å²) >= 11 is 6.02. The Kier molecular flexibility index (Phi) is 3.91. The summed E-state index contributed by atoms with van der Waals surface area (Å²) < 4.78 is 11.0. The van der Waals surface area contributed by atoms with Crippen molar-refractivity contribution in [3.05, 3.63) is 23.2 Å². The van der Waals surface area contributed by atoms with Crippen LogP contribution in [0.25, 0.3) is 0 Å². The van der Waals surface area contributed by atoms with Crippen molar-refractivity contribution in [2.75, 3.05) is 25.6 Å². The largest absolute Gasteiger partial charge is 0.490 e. The molecule has 1 aliphatic heterocycles. The first-order chi connectivity index (χ1) is 7.77. The summed E-state index contributed by atoms with van der Waals surface area (Å²) in [5.41, 5.74) is 6.40. The quantitative estimate of drug-likeness (QED) is 0.828. The fraction of sp³-hybridized carbons (Fsp3) is 0.500. The van der Waals surface area contributed by atoms with Crippen LogP contribution in [-0.2, 0) is 4.74 Å². The van der Waals surface area contributed by atoms with Gasteiger partial charge in [-0.25, -0.2) is 0 Å². The maximum absolute atomic E-state index is 6.02. The molecule has 1 saturated heterocycles. The second-order valence-corrected chi connectivity index (χ2v) is 4.43. The summed E-state index contributed by atoms with van der Waals surface area (Å²) in [6, 6.07) is 5.40. The lowest BCUT2D eigenvalue weighted by Crippen LogP contribution is -2.21. The SMILES string of the molecule is Nc1cccc(Cl)c1OCC1CCOCC1. The Morgan fingerprint density at radius 3 is 2.81 bits per heavy atom. The van der Waals surface area contributed by atoms with Crippen LogP contribution in [0, 0.1) is 5.92 Å². The molecular formula is C12H16ClNO2. The van der Waals surface area contributed by atoms with Gasteiger partial charge in [0, 0.05) is 13.2 Å². The van der Waals surface area contributed by atoms with Crippen LogP contribution in [0.1, 0.15) is 12.8 Å².